The van der Waals surface area contributed by atoms with Gasteiger partial charge in [-0.25, -0.2) is 4.79 Å². The molecule has 0 aliphatic carbocycles. The molecule has 1 aromatic rings. The van der Waals surface area contributed by atoms with Crippen LogP contribution in [0, 0.1) is 0 Å². The molecule has 0 unspecified atom stereocenters. The summed E-state index contributed by atoms with van der Waals surface area (Å²) in [6.45, 7) is 2.91. The molecule has 1 heterocycles. The van der Waals surface area contributed by atoms with Gasteiger partial charge in [0.05, 0.1) is 0 Å². The van der Waals surface area contributed by atoms with Crippen LogP contribution in [-0.2, 0) is 20.9 Å². The first kappa shape index (κ1) is 16.4. The molecule has 3 amide bonds. The third kappa shape index (κ3) is 3.59. The van der Waals surface area contributed by atoms with E-state index in [-0.39, 0.29) is 13.2 Å². The predicted molar refractivity (Wildman–Crippen MR) is 82.3 cm³/mol. The van der Waals surface area contributed by atoms with Crippen molar-refractivity contribution in [1.82, 2.24) is 10.2 Å². The highest BCUT2D eigenvalue weighted by Crippen LogP contribution is 2.17. The van der Waals surface area contributed by atoms with E-state index in [1.807, 2.05) is 30.5 Å². The molecule has 0 atom stereocenters. The summed E-state index contributed by atoms with van der Waals surface area (Å²) in [5, 5.41) is 2.51. The van der Waals surface area contributed by atoms with Crippen molar-refractivity contribution in [2.45, 2.75) is 30.9 Å². The summed E-state index contributed by atoms with van der Waals surface area (Å²) < 4.78 is 5.11. The Balaban J connectivity index is 1.88. The molecule has 7 heteroatoms. The Morgan fingerprint density at radius 3 is 2.41 bits per heavy atom. The standard InChI is InChI=1S/C15H18N2O4S/c1-15(2)13(19)17(14(20)16-15)8-12(18)21-9-10-4-6-11(22-3)7-5-10/h4-7H,8-9H2,1-3H3,(H,16,20). The van der Waals surface area contributed by atoms with Crippen LogP contribution in [0.25, 0.3) is 0 Å². The number of carbonyl (C=O) groups is 3. The molecule has 1 aliphatic heterocycles. The molecule has 6 nitrogen and oxygen atoms in total. The smallest absolute Gasteiger partial charge is 0.326 e. The van der Waals surface area contributed by atoms with Gasteiger partial charge in [-0.15, -0.1) is 11.8 Å². The van der Waals surface area contributed by atoms with Crippen LogP contribution in [0.3, 0.4) is 0 Å². The highest BCUT2D eigenvalue weighted by molar-refractivity contribution is 7.98. The number of amides is 3. The van der Waals surface area contributed by atoms with Crippen LogP contribution in [0.2, 0.25) is 0 Å². The van der Waals surface area contributed by atoms with Crippen molar-refractivity contribution in [2.24, 2.45) is 0 Å². The summed E-state index contributed by atoms with van der Waals surface area (Å²) in [4.78, 5) is 37.4. The van der Waals surface area contributed by atoms with Crippen LogP contribution in [0.15, 0.2) is 29.2 Å². The molecule has 118 valence electrons. The van der Waals surface area contributed by atoms with Crippen molar-refractivity contribution >= 4 is 29.7 Å². The maximum absolute atomic E-state index is 12.0. The highest BCUT2D eigenvalue weighted by Gasteiger charge is 2.45. The molecule has 1 fully saturated rings. The lowest BCUT2D eigenvalue weighted by Crippen LogP contribution is -2.41. The Labute approximate surface area is 133 Å². The third-order valence-corrected chi connectivity index (χ3v) is 4.03. The van der Waals surface area contributed by atoms with Crippen molar-refractivity contribution in [2.75, 3.05) is 12.8 Å². The van der Waals surface area contributed by atoms with Crippen LogP contribution in [0.4, 0.5) is 4.79 Å². The largest absolute Gasteiger partial charge is 0.459 e. The van der Waals surface area contributed by atoms with Crippen LogP contribution in [-0.4, -0.2) is 41.1 Å². The zero-order valence-electron chi connectivity index (χ0n) is 12.7. The number of esters is 1. The van der Waals surface area contributed by atoms with E-state index in [0.29, 0.717) is 0 Å². The fourth-order valence-electron chi connectivity index (χ4n) is 2.02. The van der Waals surface area contributed by atoms with E-state index in [2.05, 4.69) is 5.32 Å². The van der Waals surface area contributed by atoms with Gasteiger partial charge in [-0.1, -0.05) is 12.1 Å². The first-order chi connectivity index (χ1) is 10.3. The predicted octanol–water partition coefficient (Wildman–Crippen LogP) is 1.78. The molecule has 0 bridgehead atoms. The number of benzene rings is 1. The average molecular weight is 322 g/mol. The Morgan fingerprint density at radius 2 is 1.91 bits per heavy atom. The lowest BCUT2D eigenvalue weighted by Gasteiger charge is -2.15. The van der Waals surface area contributed by atoms with Gasteiger partial charge in [-0.3, -0.25) is 14.5 Å². The van der Waals surface area contributed by atoms with E-state index >= 15 is 0 Å². The van der Waals surface area contributed by atoms with Gasteiger partial charge in [-0.05, 0) is 37.8 Å². The molecule has 0 spiro atoms. The van der Waals surface area contributed by atoms with E-state index in [0.717, 1.165) is 15.4 Å². The zero-order chi connectivity index (χ0) is 16.3. The van der Waals surface area contributed by atoms with Crippen molar-refractivity contribution in [1.29, 1.82) is 0 Å². The van der Waals surface area contributed by atoms with Crippen LogP contribution >= 0.6 is 11.8 Å². The molecule has 1 saturated heterocycles. The van der Waals surface area contributed by atoms with Gasteiger partial charge in [0.15, 0.2) is 0 Å². The van der Waals surface area contributed by atoms with Crippen LogP contribution in [0.5, 0.6) is 0 Å². The summed E-state index contributed by atoms with van der Waals surface area (Å²) in [7, 11) is 0. The minimum atomic E-state index is -0.981. The Morgan fingerprint density at radius 1 is 1.27 bits per heavy atom. The Hall–Kier alpha value is -2.02. The SMILES string of the molecule is CSc1ccc(COC(=O)CN2C(=O)NC(C)(C)C2=O)cc1. The lowest BCUT2D eigenvalue weighted by molar-refractivity contribution is -0.148. The van der Waals surface area contributed by atoms with E-state index in [4.69, 9.17) is 4.74 Å². The fourth-order valence-corrected chi connectivity index (χ4v) is 2.43. The monoisotopic (exact) mass is 322 g/mol. The molecular formula is C15H18N2O4S. The summed E-state index contributed by atoms with van der Waals surface area (Å²) in [6.07, 6.45) is 1.98. The van der Waals surface area contributed by atoms with Gasteiger partial charge in [0.25, 0.3) is 5.91 Å². The Bertz CT molecular complexity index is 598. The van der Waals surface area contributed by atoms with E-state index in [1.54, 1.807) is 25.6 Å². The van der Waals surface area contributed by atoms with Crippen molar-refractivity contribution in [3.05, 3.63) is 29.8 Å². The minimum Gasteiger partial charge on any atom is -0.459 e. The van der Waals surface area contributed by atoms with Crippen molar-refractivity contribution in [3.8, 4) is 0 Å². The quantitative estimate of drug-likeness (QED) is 0.508. The summed E-state index contributed by atoms with van der Waals surface area (Å²) in [6, 6.07) is 7.05. The molecule has 1 aromatic carbocycles. The molecule has 0 aromatic heterocycles. The third-order valence-electron chi connectivity index (χ3n) is 3.29. The molecule has 0 saturated carbocycles. The maximum Gasteiger partial charge on any atom is 0.326 e. The van der Waals surface area contributed by atoms with Crippen molar-refractivity contribution in [3.63, 3.8) is 0 Å². The molecule has 22 heavy (non-hydrogen) atoms. The number of carbonyl (C=O) groups excluding carboxylic acids is 3. The molecular weight excluding hydrogens is 304 g/mol. The van der Waals surface area contributed by atoms with Gasteiger partial charge < -0.3 is 10.1 Å². The lowest BCUT2D eigenvalue weighted by atomic mass is 10.1. The minimum absolute atomic E-state index is 0.112. The molecule has 2 rings (SSSR count). The number of rotatable bonds is 5. The normalized spacial score (nSPS) is 16.6. The van der Waals surface area contributed by atoms with Gasteiger partial charge >= 0.3 is 12.0 Å². The van der Waals surface area contributed by atoms with E-state index in [9.17, 15) is 14.4 Å². The zero-order valence-corrected chi connectivity index (χ0v) is 13.5. The molecule has 1 N–H and O–H groups in total. The summed E-state index contributed by atoms with van der Waals surface area (Å²) >= 11 is 1.63. The second-order valence-electron chi connectivity index (χ2n) is 5.46. The van der Waals surface area contributed by atoms with Gasteiger partial charge in [0, 0.05) is 4.90 Å². The number of imide groups is 1. The van der Waals surface area contributed by atoms with Gasteiger partial charge in [0.2, 0.25) is 0 Å². The average Bonchev–Trinajstić information content (AvgIpc) is 2.67. The summed E-state index contributed by atoms with van der Waals surface area (Å²) in [5.74, 6) is -1.05. The van der Waals surface area contributed by atoms with E-state index < -0.39 is 23.4 Å². The number of urea groups is 1. The second-order valence-corrected chi connectivity index (χ2v) is 6.33. The first-order valence-electron chi connectivity index (χ1n) is 6.76. The second kappa shape index (κ2) is 6.39. The van der Waals surface area contributed by atoms with Crippen molar-refractivity contribution < 1.29 is 19.1 Å². The van der Waals surface area contributed by atoms with Gasteiger partial charge in [0.1, 0.15) is 18.7 Å². The number of ether oxygens (including phenoxy) is 1. The number of nitrogens with one attached hydrogen (secondary N) is 1. The maximum atomic E-state index is 12.0. The molecule has 0 radical (unpaired) electrons. The number of thioether (sulfide) groups is 1. The number of nitrogens with zero attached hydrogens (tertiary/aromatic N) is 1. The van der Waals surface area contributed by atoms with E-state index in [1.165, 1.54) is 0 Å². The highest BCUT2D eigenvalue weighted by atomic mass is 32.2. The first-order valence-corrected chi connectivity index (χ1v) is 7.98. The molecule has 1 aliphatic rings. The van der Waals surface area contributed by atoms with Crippen LogP contribution < -0.4 is 5.32 Å². The van der Waals surface area contributed by atoms with Gasteiger partial charge in [-0.2, -0.15) is 0 Å². The summed E-state index contributed by atoms with van der Waals surface area (Å²) in [5.41, 5.74) is -0.131. The topological polar surface area (TPSA) is 75.7 Å². The van der Waals surface area contributed by atoms with Crippen LogP contribution in [0.1, 0.15) is 19.4 Å². The Kier molecular flexibility index (Phi) is 4.75. The number of hydrogen-bond acceptors (Lipinski definition) is 5. The fraction of sp³-hybridized carbons (Fsp3) is 0.400. The number of hydrogen-bond donors (Lipinski definition) is 1.